The van der Waals surface area contributed by atoms with Crippen LogP contribution in [0.5, 0.6) is 0 Å². The van der Waals surface area contributed by atoms with Crippen LogP contribution in [-0.2, 0) is 11.3 Å². The van der Waals surface area contributed by atoms with E-state index in [0.29, 0.717) is 24.8 Å². The standard InChI is InChI=1S/C13H20ClN3O2/c1-9(2)7-17-13(18)12(14)11(6-15-17)16-10-4-3-5-19-8-10/h6,9-10,16H,3-5,7-8H2,1-2H3. The SMILES string of the molecule is CC(C)Cn1ncc(NC2CCCOC2)c(Cl)c1=O. The molecule has 1 N–H and O–H groups in total. The van der Waals surface area contributed by atoms with Crippen molar-refractivity contribution in [3.05, 3.63) is 21.6 Å². The van der Waals surface area contributed by atoms with Gasteiger partial charge in [0.1, 0.15) is 5.02 Å². The van der Waals surface area contributed by atoms with Crippen LogP contribution in [0, 0.1) is 5.92 Å². The van der Waals surface area contributed by atoms with Gasteiger partial charge in [0.15, 0.2) is 0 Å². The fraction of sp³-hybridized carbons (Fsp3) is 0.692. The molecule has 1 aliphatic rings. The molecule has 0 saturated carbocycles. The zero-order valence-corrected chi connectivity index (χ0v) is 12.1. The first-order valence-electron chi connectivity index (χ1n) is 6.68. The van der Waals surface area contributed by atoms with Crippen molar-refractivity contribution in [1.82, 2.24) is 9.78 Å². The minimum atomic E-state index is -0.239. The van der Waals surface area contributed by atoms with Crippen LogP contribution in [0.1, 0.15) is 26.7 Å². The van der Waals surface area contributed by atoms with Crippen molar-refractivity contribution in [2.45, 2.75) is 39.3 Å². The van der Waals surface area contributed by atoms with Crippen LogP contribution in [0.15, 0.2) is 11.0 Å². The molecule has 1 fully saturated rings. The minimum absolute atomic E-state index is 0.202. The van der Waals surface area contributed by atoms with Crippen molar-refractivity contribution in [3.63, 3.8) is 0 Å². The minimum Gasteiger partial charge on any atom is -0.379 e. The van der Waals surface area contributed by atoms with Gasteiger partial charge in [0.05, 0.1) is 18.5 Å². The lowest BCUT2D eigenvalue weighted by Gasteiger charge is -2.24. The Morgan fingerprint density at radius 2 is 2.42 bits per heavy atom. The van der Waals surface area contributed by atoms with Gasteiger partial charge in [0.25, 0.3) is 5.56 Å². The predicted octanol–water partition coefficient (Wildman–Crippen LogP) is 2.14. The number of nitrogens with zero attached hydrogens (tertiary/aromatic N) is 2. The molecule has 5 nitrogen and oxygen atoms in total. The highest BCUT2D eigenvalue weighted by atomic mass is 35.5. The van der Waals surface area contributed by atoms with Crippen LogP contribution >= 0.6 is 11.6 Å². The van der Waals surface area contributed by atoms with E-state index in [1.54, 1.807) is 6.20 Å². The highest BCUT2D eigenvalue weighted by molar-refractivity contribution is 6.32. The summed E-state index contributed by atoms with van der Waals surface area (Å²) in [6.07, 6.45) is 3.67. The average molecular weight is 286 g/mol. The molecule has 1 aliphatic heterocycles. The summed E-state index contributed by atoms with van der Waals surface area (Å²) >= 11 is 6.12. The van der Waals surface area contributed by atoms with Gasteiger partial charge in [-0.1, -0.05) is 25.4 Å². The lowest BCUT2D eigenvalue weighted by atomic mass is 10.1. The summed E-state index contributed by atoms with van der Waals surface area (Å²) in [4.78, 5) is 12.1. The molecule has 1 saturated heterocycles. The number of anilines is 1. The number of hydrogen-bond acceptors (Lipinski definition) is 4. The molecule has 0 bridgehead atoms. The number of halogens is 1. The molecule has 106 valence electrons. The van der Waals surface area contributed by atoms with E-state index in [4.69, 9.17) is 16.3 Å². The predicted molar refractivity (Wildman–Crippen MR) is 75.8 cm³/mol. The third kappa shape index (κ3) is 3.70. The van der Waals surface area contributed by atoms with Crippen LogP contribution in [0.4, 0.5) is 5.69 Å². The maximum atomic E-state index is 12.1. The second-order valence-corrected chi connectivity index (χ2v) is 5.69. The van der Waals surface area contributed by atoms with Crippen molar-refractivity contribution in [2.75, 3.05) is 18.5 Å². The molecule has 1 aromatic heterocycles. The molecule has 2 rings (SSSR count). The van der Waals surface area contributed by atoms with E-state index in [1.807, 2.05) is 13.8 Å². The zero-order valence-electron chi connectivity index (χ0n) is 11.4. The molecule has 0 aromatic carbocycles. The van der Waals surface area contributed by atoms with Gasteiger partial charge in [0, 0.05) is 19.2 Å². The third-order valence-corrected chi connectivity index (χ3v) is 3.41. The summed E-state index contributed by atoms with van der Waals surface area (Å²) in [6.45, 7) is 6.10. The molecular formula is C13H20ClN3O2. The van der Waals surface area contributed by atoms with Crippen molar-refractivity contribution in [1.29, 1.82) is 0 Å². The molecule has 0 spiro atoms. The van der Waals surface area contributed by atoms with Crippen molar-refractivity contribution >= 4 is 17.3 Å². The molecule has 2 heterocycles. The summed E-state index contributed by atoms with van der Waals surface area (Å²) < 4.78 is 6.80. The van der Waals surface area contributed by atoms with Gasteiger partial charge in [-0.3, -0.25) is 4.79 Å². The van der Waals surface area contributed by atoms with Crippen LogP contribution in [-0.4, -0.2) is 29.0 Å². The lowest BCUT2D eigenvalue weighted by Crippen LogP contribution is -2.32. The largest absolute Gasteiger partial charge is 0.379 e. The first-order valence-corrected chi connectivity index (χ1v) is 7.05. The Bertz CT molecular complexity index is 481. The Labute approximate surface area is 117 Å². The van der Waals surface area contributed by atoms with Crippen LogP contribution in [0.2, 0.25) is 5.02 Å². The number of rotatable bonds is 4. The second-order valence-electron chi connectivity index (χ2n) is 5.31. The summed E-state index contributed by atoms with van der Waals surface area (Å²) in [6, 6.07) is 0.202. The zero-order chi connectivity index (χ0) is 13.8. The topological polar surface area (TPSA) is 56.1 Å². The second kappa shape index (κ2) is 6.39. The van der Waals surface area contributed by atoms with E-state index >= 15 is 0 Å². The molecule has 1 unspecified atom stereocenters. The smallest absolute Gasteiger partial charge is 0.287 e. The highest BCUT2D eigenvalue weighted by Crippen LogP contribution is 2.19. The van der Waals surface area contributed by atoms with Gasteiger partial charge in [0.2, 0.25) is 0 Å². The summed E-state index contributed by atoms with van der Waals surface area (Å²) in [7, 11) is 0. The Morgan fingerprint density at radius 3 is 3.05 bits per heavy atom. The van der Waals surface area contributed by atoms with Gasteiger partial charge in [-0.05, 0) is 18.8 Å². The van der Waals surface area contributed by atoms with Crippen LogP contribution < -0.4 is 10.9 Å². The van der Waals surface area contributed by atoms with Gasteiger partial charge >= 0.3 is 0 Å². The van der Waals surface area contributed by atoms with E-state index < -0.39 is 0 Å². The summed E-state index contributed by atoms with van der Waals surface area (Å²) in [5.41, 5.74) is 0.360. The lowest BCUT2D eigenvalue weighted by molar-refractivity contribution is 0.0876. The molecule has 0 aliphatic carbocycles. The van der Waals surface area contributed by atoms with Gasteiger partial charge in [-0.25, -0.2) is 4.68 Å². The highest BCUT2D eigenvalue weighted by Gasteiger charge is 2.17. The number of ether oxygens (including phenoxy) is 1. The molecule has 1 aromatic rings. The van der Waals surface area contributed by atoms with E-state index in [1.165, 1.54) is 4.68 Å². The number of nitrogens with one attached hydrogen (secondary N) is 1. The quantitative estimate of drug-likeness (QED) is 0.921. The van der Waals surface area contributed by atoms with Gasteiger partial charge in [-0.15, -0.1) is 0 Å². The average Bonchev–Trinajstić information content (AvgIpc) is 2.39. The van der Waals surface area contributed by atoms with Crippen molar-refractivity contribution < 1.29 is 4.74 Å². The fourth-order valence-electron chi connectivity index (χ4n) is 2.12. The van der Waals surface area contributed by atoms with E-state index in [0.717, 1.165) is 19.4 Å². The Kier molecular flexibility index (Phi) is 4.82. The molecule has 0 radical (unpaired) electrons. The molecule has 0 amide bonds. The van der Waals surface area contributed by atoms with Crippen LogP contribution in [0.3, 0.4) is 0 Å². The Hall–Kier alpha value is -1.07. The Morgan fingerprint density at radius 1 is 1.63 bits per heavy atom. The van der Waals surface area contributed by atoms with Crippen molar-refractivity contribution in [2.24, 2.45) is 5.92 Å². The van der Waals surface area contributed by atoms with Gasteiger partial charge < -0.3 is 10.1 Å². The fourth-order valence-corrected chi connectivity index (χ4v) is 2.32. The van der Waals surface area contributed by atoms with E-state index in [-0.39, 0.29) is 16.6 Å². The van der Waals surface area contributed by atoms with Crippen LogP contribution in [0.25, 0.3) is 0 Å². The number of aromatic nitrogens is 2. The normalized spacial score (nSPS) is 19.7. The molecule has 6 heteroatoms. The number of hydrogen-bond donors (Lipinski definition) is 1. The van der Waals surface area contributed by atoms with Gasteiger partial charge in [-0.2, -0.15) is 5.10 Å². The first kappa shape index (κ1) is 14.3. The molecule has 1 atom stereocenters. The first-order chi connectivity index (χ1) is 9.08. The maximum Gasteiger partial charge on any atom is 0.287 e. The maximum absolute atomic E-state index is 12.1. The third-order valence-electron chi connectivity index (χ3n) is 3.04. The monoisotopic (exact) mass is 285 g/mol. The van der Waals surface area contributed by atoms with E-state index in [2.05, 4.69) is 10.4 Å². The molecule has 19 heavy (non-hydrogen) atoms. The summed E-state index contributed by atoms with van der Waals surface area (Å²) in [5, 5.41) is 7.61. The summed E-state index contributed by atoms with van der Waals surface area (Å²) in [5.74, 6) is 0.354. The van der Waals surface area contributed by atoms with Crippen molar-refractivity contribution in [3.8, 4) is 0 Å². The molecular weight excluding hydrogens is 266 g/mol. The van der Waals surface area contributed by atoms with E-state index in [9.17, 15) is 4.79 Å². The Balaban J connectivity index is 2.13.